The number of carbonyl (C=O) groups is 1. The first-order valence-corrected chi connectivity index (χ1v) is 8.23. The number of Topliss-reactive ketones (excluding diaryl/α,β-unsaturated/α-hetero) is 1. The van der Waals surface area contributed by atoms with E-state index in [1.165, 1.54) is 0 Å². The molecule has 5 heteroatoms. The standard InChI is InChI=1S/C14H17Cl2NOS/c1-2-11-8-17(5-6-19-11)9-14(18)10-3-4-12(15)13(16)7-10/h3-4,7,11H,2,5-6,8-9H2,1H3. The number of nitrogens with zero attached hydrogens (tertiary/aromatic N) is 1. The Morgan fingerprint density at radius 1 is 1.42 bits per heavy atom. The predicted molar refractivity (Wildman–Crippen MR) is 83.8 cm³/mol. The quantitative estimate of drug-likeness (QED) is 0.783. The molecule has 1 aliphatic heterocycles. The second-order valence-electron chi connectivity index (χ2n) is 4.69. The van der Waals surface area contributed by atoms with Crippen LogP contribution in [0.25, 0.3) is 0 Å². The van der Waals surface area contributed by atoms with Gasteiger partial charge in [-0.05, 0) is 24.6 Å². The molecule has 0 bridgehead atoms. The minimum atomic E-state index is 0.111. The smallest absolute Gasteiger partial charge is 0.176 e. The lowest BCUT2D eigenvalue weighted by Gasteiger charge is -2.31. The Labute approximate surface area is 128 Å². The third-order valence-electron chi connectivity index (χ3n) is 3.29. The van der Waals surface area contributed by atoms with Crippen molar-refractivity contribution in [2.24, 2.45) is 0 Å². The largest absolute Gasteiger partial charge is 0.294 e. The van der Waals surface area contributed by atoms with E-state index in [0.29, 0.717) is 27.4 Å². The highest BCUT2D eigenvalue weighted by atomic mass is 35.5. The van der Waals surface area contributed by atoms with E-state index in [0.717, 1.165) is 25.3 Å². The molecule has 1 aromatic rings. The van der Waals surface area contributed by atoms with Crippen molar-refractivity contribution in [3.63, 3.8) is 0 Å². The Morgan fingerprint density at radius 3 is 2.89 bits per heavy atom. The van der Waals surface area contributed by atoms with E-state index in [4.69, 9.17) is 23.2 Å². The molecule has 0 amide bonds. The van der Waals surface area contributed by atoms with Gasteiger partial charge >= 0.3 is 0 Å². The lowest BCUT2D eigenvalue weighted by Crippen LogP contribution is -2.40. The van der Waals surface area contributed by atoms with Crippen LogP contribution in [0.4, 0.5) is 0 Å². The van der Waals surface area contributed by atoms with Crippen LogP contribution < -0.4 is 0 Å². The van der Waals surface area contributed by atoms with Crippen LogP contribution in [0.2, 0.25) is 10.0 Å². The van der Waals surface area contributed by atoms with Gasteiger partial charge in [0.15, 0.2) is 5.78 Å². The van der Waals surface area contributed by atoms with Gasteiger partial charge in [0, 0.05) is 29.7 Å². The third-order valence-corrected chi connectivity index (χ3v) is 5.40. The van der Waals surface area contributed by atoms with Gasteiger partial charge in [-0.2, -0.15) is 11.8 Å². The molecule has 0 saturated carbocycles. The zero-order valence-corrected chi connectivity index (χ0v) is 13.2. The van der Waals surface area contributed by atoms with Crippen LogP contribution in [0, 0.1) is 0 Å². The van der Waals surface area contributed by atoms with E-state index in [-0.39, 0.29) is 5.78 Å². The molecule has 1 atom stereocenters. The van der Waals surface area contributed by atoms with E-state index in [1.807, 2.05) is 11.8 Å². The molecule has 1 aliphatic rings. The van der Waals surface area contributed by atoms with Gasteiger partial charge in [0.2, 0.25) is 0 Å². The van der Waals surface area contributed by atoms with Crippen molar-refractivity contribution >= 4 is 40.7 Å². The number of halogens is 2. The molecule has 1 aromatic carbocycles. The summed E-state index contributed by atoms with van der Waals surface area (Å²) in [7, 11) is 0. The van der Waals surface area contributed by atoms with E-state index in [2.05, 4.69) is 11.8 Å². The molecule has 1 heterocycles. The van der Waals surface area contributed by atoms with Gasteiger partial charge in [-0.3, -0.25) is 9.69 Å². The average Bonchev–Trinajstić information content (AvgIpc) is 2.42. The molecule has 2 nitrogen and oxygen atoms in total. The van der Waals surface area contributed by atoms with Gasteiger partial charge in [0.25, 0.3) is 0 Å². The summed E-state index contributed by atoms with van der Waals surface area (Å²) in [5, 5.41) is 1.57. The van der Waals surface area contributed by atoms with Crippen LogP contribution in [0.1, 0.15) is 23.7 Å². The molecular weight excluding hydrogens is 301 g/mol. The van der Waals surface area contributed by atoms with Crippen molar-refractivity contribution < 1.29 is 4.79 Å². The summed E-state index contributed by atoms with van der Waals surface area (Å²) >= 11 is 13.8. The summed E-state index contributed by atoms with van der Waals surface area (Å²) in [6.45, 7) is 4.64. The number of carbonyl (C=O) groups excluding carboxylic acids is 1. The van der Waals surface area contributed by atoms with Crippen LogP contribution in [0.3, 0.4) is 0 Å². The summed E-state index contributed by atoms with van der Waals surface area (Å²) < 4.78 is 0. The summed E-state index contributed by atoms with van der Waals surface area (Å²) in [6, 6.07) is 5.08. The molecule has 104 valence electrons. The molecule has 19 heavy (non-hydrogen) atoms. The van der Waals surface area contributed by atoms with Crippen molar-refractivity contribution in [1.29, 1.82) is 0 Å². The Kier molecular flexibility index (Phi) is 5.58. The number of hydrogen-bond donors (Lipinski definition) is 0. The Morgan fingerprint density at radius 2 is 2.21 bits per heavy atom. The summed E-state index contributed by atoms with van der Waals surface area (Å²) in [5.74, 6) is 1.22. The molecule has 2 rings (SSSR count). The van der Waals surface area contributed by atoms with Crippen LogP contribution >= 0.6 is 35.0 Å². The van der Waals surface area contributed by atoms with Crippen molar-refractivity contribution in [3.05, 3.63) is 33.8 Å². The lowest BCUT2D eigenvalue weighted by molar-refractivity contribution is 0.0932. The first kappa shape index (κ1) is 15.2. The average molecular weight is 318 g/mol. The molecule has 0 spiro atoms. The molecular formula is C14H17Cl2NOS. The summed E-state index contributed by atoms with van der Waals surface area (Å²) in [4.78, 5) is 14.5. The second-order valence-corrected chi connectivity index (χ2v) is 6.91. The normalized spacial score (nSPS) is 20.5. The molecule has 0 aliphatic carbocycles. The zero-order chi connectivity index (χ0) is 13.8. The maximum absolute atomic E-state index is 12.2. The number of hydrogen-bond acceptors (Lipinski definition) is 3. The Balaban J connectivity index is 1.98. The predicted octanol–water partition coefficient (Wildman–Crippen LogP) is 4.00. The number of thioether (sulfide) groups is 1. The third kappa shape index (κ3) is 4.12. The van der Waals surface area contributed by atoms with Crippen molar-refractivity contribution in [2.45, 2.75) is 18.6 Å². The van der Waals surface area contributed by atoms with Gasteiger partial charge < -0.3 is 0 Å². The Bertz CT molecular complexity index is 467. The van der Waals surface area contributed by atoms with Crippen molar-refractivity contribution in [2.75, 3.05) is 25.4 Å². The number of rotatable bonds is 4. The van der Waals surface area contributed by atoms with Crippen molar-refractivity contribution in [3.8, 4) is 0 Å². The maximum atomic E-state index is 12.2. The topological polar surface area (TPSA) is 20.3 Å². The van der Waals surface area contributed by atoms with Gasteiger partial charge in [-0.15, -0.1) is 0 Å². The molecule has 0 N–H and O–H groups in total. The van der Waals surface area contributed by atoms with E-state index >= 15 is 0 Å². The molecule has 0 aromatic heterocycles. The highest BCUT2D eigenvalue weighted by Gasteiger charge is 2.21. The highest BCUT2D eigenvalue weighted by Crippen LogP contribution is 2.24. The SMILES string of the molecule is CCC1CN(CC(=O)c2ccc(Cl)c(Cl)c2)CCS1. The van der Waals surface area contributed by atoms with E-state index < -0.39 is 0 Å². The fourth-order valence-corrected chi connectivity index (χ4v) is 3.68. The van der Waals surface area contributed by atoms with Crippen LogP contribution in [0.15, 0.2) is 18.2 Å². The maximum Gasteiger partial charge on any atom is 0.176 e. The number of ketones is 1. The first-order valence-electron chi connectivity index (χ1n) is 6.42. The Hall–Kier alpha value is -0.220. The highest BCUT2D eigenvalue weighted by molar-refractivity contribution is 8.00. The lowest BCUT2D eigenvalue weighted by atomic mass is 10.1. The van der Waals surface area contributed by atoms with Gasteiger partial charge in [0.05, 0.1) is 16.6 Å². The monoisotopic (exact) mass is 317 g/mol. The van der Waals surface area contributed by atoms with Crippen LogP contribution in [0.5, 0.6) is 0 Å². The van der Waals surface area contributed by atoms with Gasteiger partial charge in [-0.1, -0.05) is 30.1 Å². The molecule has 0 radical (unpaired) electrons. The molecule has 1 unspecified atom stereocenters. The fraction of sp³-hybridized carbons (Fsp3) is 0.500. The summed E-state index contributed by atoms with van der Waals surface area (Å²) in [6.07, 6.45) is 1.15. The fourth-order valence-electron chi connectivity index (χ4n) is 2.13. The van der Waals surface area contributed by atoms with Gasteiger partial charge in [0.1, 0.15) is 0 Å². The van der Waals surface area contributed by atoms with E-state index in [9.17, 15) is 4.79 Å². The molecule has 1 fully saturated rings. The van der Waals surface area contributed by atoms with Crippen LogP contribution in [-0.2, 0) is 0 Å². The first-order chi connectivity index (χ1) is 9.10. The van der Waals surface area contributed by atoms with Crippen molar-refractivity contribution in [1.82, 2.24) is 4.90 Å². The number of benzene rings is 1. The minimum absolute atomic E-state index is 0.111. The molecule has 1 saturated heterocycles. The summed E-state index contributed by atoms with van der Waals surface area (Å²) in [5.41, 5.74) is 0.640. The van der Waals surface area contributed by atoms with Gasteiger partial charge in [-0.25, -0.2) is 0 Å². The zero-order valence-electron chi connectivity index (χ0n) is 10.9. The van der Waals surface area contributed by atoms with Crippen LogP contribution in [-0.4, -0.2) is 41.3 Å². The van der Waals surface area contributed by atoms with E-state index in [1.54, 1.807) is 18.2 Å². The minimum Gasteiger partial charge on any atom is -0.294 e. The second kappa shape index (κ2) is 6.98.